The van der Waals surface area contributed by atoms with Crippen LogP contribution in [0.15, 0.2) is 52.7 Å². The number of rotatable bonds is 10. The summed E-state index contributed by atoms with van der Waals surface area (Å²) >= 11 is 0. The Kier molecular flexibility index (Phi) is 8.50. The van der Waals surface area contributed by atoms with Crippen molar-refractivity contribution < 1.29 is 23.5 Å². The molecule has 7 nitrogen and oxygen atoms in total. The number of para-hydroxylation sites is 1. The van der Waals surface area contributed by atoms with Crippen LogP contribution in [0, 0.1) is 0 Å². The van der Waals surface area contributed by atoms with E-state index < -0.39 is 6.04 Å². The fourth-order valence-electron chi connectivity index (χ4n) is 5.21. The zero-order valence-corrected chi connectivity index (χ0v) is 20.8. The van der Waals surface area contributed by atoms with Crippen molar-refractivity contribution in [3.8, 4) is 11.5 Å². The minimum Gasteiger partial charge on any atom is -0.493 e. The van der Waals surface area contributed by atoms with Gasteiger partial charge in [0.1, 0.15) is 6.04 Å². The Labute approximate surface area is 207 Å². The first-order valence-electron chi connectivity index (χ1n) is 12.7. The summed E-state index contributed by atoms with van der Waals surface area (Å²) < 4.78 is 16.7. The highest BCUT2D eigenvalue weighted by Gasteiger charge is 2.37. The molecule has 1 heterocycles. The van der Waals surface area contributed by atoms with Crippen LogP contribution < -0.4 is 14.8 Å². The van der Waals surface area contributed by atoms with Gasteiger partial charge in [-0.15, -0.1) is 0 Å². The number of methoxy groups -OCH3 is 2. The van der Waals surface area contributed by atoms with Crippen molar-refractivity contribution in [2.75, 3.05) is 20.8 Å². The Morgan fingerprint density at radius 1 is 1.09 bits per heavy atom. The molecule has 2 aromatic rings. The van der Waals surface area contributed by atoms with Crippen molar-refractivity contribution in [2.45, 2.75) is 69.9 Å². The van der Waals surface area contributed by atoms with Gasteiger partial charge in [-0.1, -0.05) is 36.6 Å². The fraction of sp³-hybridized carbons (Fsp3) is 0.500. The Morgan fingerprint density at radius 3 is 2.57 bits per heavy atom. The number of benzene rings is 1. The smallest absolute Gasteiger partial charge is 0.290 e. The summed E-state index contributed by atoms with van der Waals surface area (Å²) in [6.07, 6.45) is 13.0. The minimum absolute atomic E-state index is 0.114. The number of nitrogens with zero attached hydrogens (tertiary/aromatic N) is 1. The maximum atomic E-state index is 13.9. The molecule has 2 aliphatic rings. The number of furan rings is 1. The van der Waals surface area contributed by atoms with Crippen LogP contribution in [-0.4, -0.2) is 43.5 Å². The summed E-state index contributed by atoms with van der Waals surface area (Å²) in [6.45, 7) is 0.397. The fourth-order valence-corrected chi connectivity index (χ4v) is 5.21. The number of ether oxygens (including phenoxy) is 2. The zero-order chi connectivity index (χ0) is 24.6. The quantitative estimate of drug-likeness (QED) is 0.459. The highest BCUT2D eigenvalue weighted by molar-refractivity contribution is 5.96. The van der Waals surface area contributed by atoms with E-state index in [1.54, 1.807) is 37.3 Å². The number of nitrogens with one attached hydrogen (secondary N) is 1. The van der Waals surface area contributed by atoms with E-state index in [1.165, 1.54) is 18.3 Å². The molecule has 1 aromatic heterocycles. The molecule has 4 rings (SSSR count). The van der Waals surface area contributed by atoms with Crippen molar-refractivity contribution in [1.29, 1.82) is 0 Å². The van der Waals surface area contributed by atoms with E-state index in [-0.39, 0.29) is 23.6 Å². The van der Waals surface area contributed by atoms with Gasteiger partial charge in [0.05, 0.1) is 20.5 Å². The van der Waals surface area contributed by atoms with Gasteiger partial charge in [-0.05, 0) is 63.1 Å². The molecule has 0 aliphatic heterocycles. The lowest BCUT2D eigenvalue weighted by Crippen LogP contribution is -2.46. The lowest BCUT2D eigenvalue weighted by Gasteiger charge is -2.33. The van der Waals surface area contributed by atoms with E-state index in [9.17, 15) is 9.59 Å². The van der Waals surface area contributed by atoms with E-state index in [0.29, 0.717) is 30.0 Å². The van der Waals surface area contributed by atoms with Crippen LogP contribution in [0.2, 0.25) is 0 Å². The van der Waals surface area contributed by atoms with Gasteiger partial charge in [-0.3, -0.25) is 9.59 Å². The predicted octanol–water partition coefficient (Wildman–Crippen LogP) is 5.43. The molecule has 7 heteroatoms. The third-order valence-corrected chi connectivity index (χ3v) is 7.04. The van der Waals surface area contributed by atoms with Gasteiger partial charge in [-0.2, -0.15) is 0 Å². The van der Waals surface area contributed by atoms with Crippen LogP contribution >= 0.6 is 0 Å². The average molecular weight is 481 g/mol. The highest BCUT2D eigenvalue weighted by Crippen LogP contribution is 2.38. The van der Waals surface area contributed by atoms with Crippen molar-refractivity contribution in [3.05, 3.63) is 59.6 Å². The lowest BCUT2D eigenvalue weighted by atomic mass is 9.96. The first-order valence-corrected chi connectivity index (χ1v) is 12.7. The van der Waals surface area contributed by atoms with E-state index >= 15 is 0 Å². The second kappa shape index (κ2) is 12.0. The SMILES string of the molecule is COc1cccc([C@H](C(=O)NC2CCCC2)N(CCC2=CCCCC2)C(=O)c2ccco2)c1OC. The molecule has 188 valence electrons. The monoisotopic (exact) mass is 480 g/mol. The van der Waals surface area contributed by atoms with Crippen molar-refractivity contribution in [3.63, 3.8) is 0 Å². The summed E-state index contributed by atoms with van der Waals surface area (Å²) in [4.78, 5) is 29.3. The van der Waals surface area contributed by atoms with Crippen molar-refractivity contribution >= 4 is 11.8 Å². The first kappa shape index (κ1) is 24.9. The van der Waals surface area contributed by atoms with E-state index in [1.807, 2.05) is 12.1 Å². The molecule has 35 heavy (non-hydrogen) atoms. The van der Waals surface area contributed by atoms with Gasteiger partial charge in [-0.25, -0.2) is 0 Å². The molecule has 2 amide bonds. The third-order valence-electron chi connectivity index (χ3n) is 7.04. The molecule has 0 bridgehead atoms. The zero-order valence-electron chi connectivity index (χ0n) is 20.8. The summed E-state index contributed by atoms with van der Waals surface area (Å²) in [6, 6.07) is 8.01. The second-order valence-corrected chi connectivity index (χ2v) is 9.31. The molecule has 0 spiro atoms. The maximum absolute atomic E-state index is 13.9. The molecule has 2 aliphatic carbocycles. The summed E-state index contributed by atoms with van der Waals surface area (Å²) in [7, 11) is 3.12. The van der Waals surface area contributed by atoms with Crippen LogP contribution in [0.25, 0.3) is 0 Å². The van der Waals surface area contributed by atoms with Crippen molar-refractivity contribution in [2.24, 2.45) is 0 Å². The normalized spacial score (nSPS) is 16.9. The summed E-state index contributed by atoms with van der Waals surface area (Å²) in [5.41, 5.74) is 1.93. The van der Waals surface area contributed by atoms with Crippen LogP contribution in [0.4, 0.5) is 0 Å². The molecule has 1 aromatic carbocycles. The Hall–Kier alpha value is -3.22. The predicted molar refractivity (Wildman–Crippen MR) is 134 cm³/mol. The van der Waals surface area contributed by atoms with Crippen LogP contribution in [-0.2, 0) is 4.79 Å². The highest BCUT2D eigenvalue weighted by atomic mass is 16.5. The molecule has 1 fully saturated rings. The number of amides is 2. The molecular weight excluding hydrogens is 444 g/mol. The molecule has 0 radical (unpaired) electrons. The second-order valence-electron chi connectivity index (χ2n) is 9.31. The number of carbonyl (C=O) groups is 2. The Balaban J connectivity index is 1.74. The Morgan fingerprint density at radius 2 is 1.91 bits per heavy atom. The summed E-state index contributed by atoms with van der Waals surface area (Å²) in [5, 5.41) is 3.21. The van der Waals surface area contributed by atoms with Crippen LogP contribution in [0.5, 0.6) is 11.5 Å². The van der Waals surface area contributed by atoms with Gasteiger partial charge in [0.25, 0.3) is 5.91 Å². The van der Waals surface area contributed by atoms with Crippen molar-refractivity contribution in [1.82, 2.24) is 10.2 Å². The van der Waals surface area contributed by atoms with Gasteiger partial charge in [0.15, 0.2) is 17.3 Å². The topological polar surface area (TPSA) is 81.0 Å². The van der Waals surface area contributed by atoms with E-state index in [4.69, 9.17) is 13.9 Å². The summed E-state index contributed by atoms with van der Waals surface area (Å²) in [5.74, 6) is 0.659. The molecule has 0 saturated heterocycles. The van der Waals surface area contributed by atoms with Gasteiger partial charge < -0.3 is 24.1 Å². The first-order chi connectivity index (χ1) is 17.1. The lowest BCUT2D eigenvalue weighted by molar-refractivity contribution is -0.126. The molecule has 1 atom stereocenters. The number of allylic oxidation sites excluding steroid dienone is 1. The Bertz CT molecular complexity index is 1020. The maximum Gasteiger partial charge on any atom is 0.290 e. The molecule has 1 saturated carbocycles. The molecular formula is C28H36N2O5. The van der Waals surface area contributed by atoms with Gasteiger partial charge >= 0.3 is 0 Å². The van der Waals surface area contributed by atoms with Crippen LogP contribution in [0.1, 0.15) is 79.9 Å². The van der Waals surface area contributed by atoms with E-state index in [2.05, 4.69) is 11.4 Å². The molecule has 0 unspecified atom stereocenters. The minimum atomic E-state index is -0.887. The van der Waals surface area contributed by atoms with Gasteiger partial charge in [0.2, 0.25) is 5.91 Å². The third kappa shape index (κ3) is 5.89. The standard InChI is InChI=1S/C28H36N2O5/c1-33-23-15-8-14-22(26(23)34-2)25(27(31)29-21-12-6-7-13-21)30(28(32)24-16-9-19-35-24)18-17-20-10-4-3-5-11-20/h8-10,14-16,19,21,25H,3-7,11-13,17-18H2,1-2H3,(H,29,31)/t25-/m1/s1. The van der Waals surface area contributed by atoms with Gasteiger partial charge in [0, 0.05) is 18.2 Å². The number of carbonyl (C=O) groups excluding carboxylic acids is 2. The average Bonchev–Trinajstić information content (AvgIpc) is 3.61. The largest absolute Gasteiger partial charge is 0.493 e. The van der Waals surface area contributed by atoms with Crippen LogP contribution in [0.3, 0.4) is 0 Å². The van der Waals surface area contributed by atoms with E-state index in [0.717, 1.165) is 44.9 Å². The molecule has 1 N–H and O–H groups in total. The number of hydrogen-bond donors (Lipinski definition) is 1. The number of hydrogen-bond acceptors (Lipinski definition) is 5.